The standard InChI is InChI=1S/C16H17NO4/c1-19-9-15-16(18)17(10-21-15)13-5-3-11-4-6-14(20-2)8-12(11)7-13/h3-4,6-8,10,15H,5,9H2,1-2H3. The predicted molar refractivity (Wildman–Crippen MR) is 77.1 cm³/mol. The van der Waals surface area contributed by atoms with Crippen LogP contribution in [-0.4, -0.2) is 43.8 Å². The lowest BCUT2D eigenvalue weighted by Gasteiger charge is -2.15. The van der Waals surface area contributed by atoms with Gasteiger partial charge in [0.15, 0.2) is 0 Å². The summed E-state index contributed by atoms with van der Waals surface area (Å²) in [4.78, 5) is 12.2. The van der Waals surface area contributed by atoms with Gasteiger partial charge in [-0.2, -0.15) is 0 Å². The molecule has 110 valence electrons. The molecule has 1 aromatic carbocycles. The largest absolute Gasteiger partial charge is 0.498 e. The van der Waals surface area contributed by atoms with Crippen molar-refractivity contribution in [2.24, 2.45) is 0 Å². The van der Waals surface area contributed by atoms with Gasteiger partial charge in [-0.1, -0.05) is 34.7 Å². The van der Waals surface area contributed by atoms with Gasteiger partial charge in [-0.25, -0.2) is 4.58 Å². The Bertz CT molecular complexity index is 707. The Kier molecular flexibility index (Phi) is 3.66. The van der Waals surface area contributed by atoms with E-state index in [0.29, 0.717) is 6.42 Å². The number of carbonyl (C=O) groups excluding carboxylic acids is 1. The average Bonchev–Trinajstić information content (AvgIpc) is 2.88. The molecule has 3 rings (SSSR count). The lowest BCUT2D eigenvalue weighted by atomic mass is 10.0. The second-order valence-electron chi connectivity index (χ2n) is 4.93. The van der Waals surface area contributed by atoms with Gasteiger partial charge < -0.3 is 14.2 Å². The third kappa shape index (κ3) is 2.52. The number of fused-ring (bicyclic) bond motifs is 1. The molecular formula is C16H17NO4. The van der Waals surface area contributed by atoms with Crippen molar-refractivity contribution in [3.8, 4) is 5.75 Å². The van der Waals surface area contributed by atoms with Crippen molar-refractivity contribution >= 4 is 24.5 Å². The maximum atomic E-state index is 12.2. The molecule has 2 aliphatic rings. The smallest absolute Gasteiger partial charge is 0.355 e. The van der Waals surface area contributed by atoms with E-state index in [0.717, 1.165) is 22.2 Å². The van der Waals surface area contributed by atoms with Crippen LogP contribution in [0.25, 0.3) is 12.2 Å². The number of hydrogen-bond donors (Lipinski definition) is 0. The van der Waals surface area contributed by atoms with Gasteiger partial charge in [0.2, 0.25) is 6.10 Å². The quantitative estimate of drug-likeness (QED) is 0.569. The summed E-state index contributed by atoms with van der Waals surface area (Å²) in [5, 5.41) is 2.17. The molecule has 1 unspecified atom stereocenters. The van der Waals surface area contributed by atoms with Gasteiger partial charge in [-0.3, -0.25) is 4.79 Å². The Morgan fingerprint density at radius 2 is 2.24 bits per heavy atom. The molecule has 1 aliphatic heterocycles. The maximum absolute atomic E-state index is 12.2. The number of carbonyl (C=O) groups is 1. The number of rotatable bonds is 4. The van der Waals surface area contributed by atoms with Crippen LogP contribution in [-0.2, 0) is 14.3 Å². The van der Waals surface area contributed by atoms with Crippen molar-refractivity contribution in [1.29, 1.82) is 0 Å². The summed E-state index contributed by atoms with van der Waals surface area (Å²) in [6.07, 6.45) is 5.68. The molecule has 1 heterocycles. The second kappa shape index (κ2) is 5.61. The first kappa shape index (κ1) is 13.7. The fourth-order valence-electron chi connectivity index (χ4n) is 2.48. The molecule has 1 aromatic rings. The molecule has 5 heteroatoms. The molecule has 0 bridgehead atoms. The molecule has 0 saturated carbocycles. The highest BCUT2D eigenvalue weighted by Gasteiger charge is 2.34. The zero-order valence-electron chi connectivity index (χ0n) is 12.0. The minimum Gasteiger partial charge on any atom is -0.498 e. The van der Waals surface area contributed by atoms with Crippen molar-refractivity contribution in [3.05, 3.63) is 34.7 Å². The van der Waals surface area contributed by atoms with E-state index in [9.17, 15) is 4.79 Å². The average molecular weight is 287 g/mol. The van der Waals surface area contributed by atoms with E-state index in [1.807, 2.05) is 24.3 Å². The second-order valence-corrected chi connectivity index (χ2v) is 4.93. The molecule has 5 nitrogen and oxygen atoms in total. The van der Waals surface area contributed by atoms with Gasteiger partial charge in [-0.05, 0) is 6.07 Å². The predicted octanol–water partition coefficient (Wildman–Crippen LogP) is -0.196. The van der Waals surface area contributed by atoms with Crippen molar-refractivity contribution < 1.29 is 23.6 Å². The topological polar surface area (TPSA) is 47.8 Å². The zero-order chi connectivity index (χ0) is 14.8. The molecule has 0 spiro atoms. The van der Waals surface area contributed by atoms with Crippen LogP contribution >= 0.6 is 0 Å². The fourth-order valence-corrected chi connectivity index (χ4v) is 2.48. The van der Waals surface area contributed by atoms with Gasteiger partial charge in [0.1, 0.15) is 11.8 Å². The first-order valence-electron chi connectivity index (χ1n) is 6.75. The van der Waals surface area contributed by atoms with Gasteiger partial charge in [0, 0.05) is 13.5 Å². The van der Waals surface area contributed by atoms with Crippen LogP contribution in [0.2, 0.25) is 0 Å². The zero-order valence-corrected chi connectivity index (χ0v) is 12.0. The summed E-state index contributed by atoms with van der Waals surface area (Å²) >= 11 is 0. The van der Waals surface area contributed by atoms with E-state index in [1.165, 1.54) is 6.40 Å². The third-order valence-electron chi connectivity index (χ3n) is 3.62. The van der Waals surface area contributed by atoms with Crippen LogP contribution < -0.4 is 15.2 Å². The van der Waals surface area contributed by atoms with E-state index >= 15 is 0 Å². The number of benzene rings is 1. The van der Waals surface area contributed by atoms with E-state index in [4.69, 9.17) is 14.2 Å². The Hall–Kier alpha value is -2.27. The number of hydrogen-bond acceptors (Lipinski definition) is 4. The van der Waals surface area contributed by atoms with Crippen molar-refractivity contribution in [1.82, 2.24) is 0 Å². The molecule has 1 atom stereocenters. The Morgan fingerprint density at radius 3 is 3.00 bits per heavy atom. The van der Waals surface area contributed by atoms with Gasteiger partial charge >= 0.3 is 5.91 Å². The van der Waals surface area contributed by atoms with Crippen molar-refractivity contribution in [2.45, 2.75) is 12.5 Å². The third-order valence-corrected chi connectivity index (χ3v) is 3.62. The monoisotopic (exact) mass is 287 g/mol. The van der Waals surface area contributed by atoms with Gasteiger partial charge in [-0.15, -0.1) is 0 Å². The summed E-state index contributed by atoms with van der Waals surface area (Å²) < 4.78 is 17.1. The van der Waals surface area contributed by atoms with Crippen LogP contribution in [0.1, 0.15) is 6.42 Å². The normalized spacial score (nSPS) is 20.1. The Morgan fingerprint density at radius 1 is 1.38 bits per heavy atom. The lowest BCUT2D eigenvalue weighted by Crippen LogP contribution is -2.35. The van der Waals surface area contributed by atoms with E-state index in [2.05, 4.69) is 6.08 Å². The van der Waals surface area contributed by atoms with E-state index in [-0.39, 0.29) is 12.5 Å². The van der Waals surface area contributed by atoms with Crippen molar-refractivity contribution in [2.75, 3.05) is 20.8 Å². The number of ether oxygens (including phenoxy) is 3. The summed E-state index contributed by atoms with van der Waals surface area (Å²) in [5.74, 6) is 0.702. The SMILES string of the molecule is COCC1OC=[N+]([C-]2C=c3cc(OC)ccc3=CC2)C1=O. The number of methoxy groups -OCH3 is 2. The minimum atomic E-state index is -0.553. The Balaban J connectivity index is 1.89. The molecular weight excluding hydrogens is 270 g/mol. The molecule has 0 fully saturated rings. The first-order chi connectivity index (χ1) is 10.2. The molecule has 1 aliphatic carbocycles. The number of amides is 1. The van der Waals surface area contributed by atoms with Gasteiger partial charge in [0.05, 0.1) is 13.7 Å². The molecule has 1 amide bonds. The van der Waals surface area contributed by atoms with Crippen LogP contribution in [0.15, 0.2) is 18.2 Å². The molecule has 0 radical (unpaired) electrons. The van der Waals surface area contributed by atoms with Crippen LogP contribution in [0.4, 0.5) is 0 Å². The van der Waals surface area contributed by atoms with Crippen LogP contribution in [0.3, 0.4) is 0 Å². The highest BCUT2D eigenvalue weighted by atomic mass is 16.5. The fraction of sp³-hybridized carbons (Fsp3) is 0.312. The lowest BCUT2D eigenvalue weighted by molar-refractivity contribution is -0.417. The molecule has 0 N–H and O–H groups in total. The molecule has 0 aromatic heterocycles. The summed E-state index contributed by atoms with van der Waals surface area (Å²) in [5.41, 5.74) is 0. The number of nitrogens with zero attached hydrogens (tertiary/aromatic N) is 1. The van der Waals surface area contributed by atoms with Gasteiger partial charge in [0.25, 0.3) is 6.40 Å². The van der Waals surface area contributed by atoms with Crippen LogP contribution in [0, 0.1) is 6.04 Å². The first-order valence-corrected chi connectivity index (χ1v) is 6.75. The van der Waals surface area contributed by atoms with Crippen molar-refractivity contribution in [3.63, 3.8) is 0 Å². The summed E-state index contributed by atoms with van der Waals surface area (Å²) in [6.45, 7) is 0.257. The molecule has 21 heavy (non-hydrogen) atoms. The van der Waals surface area contributed by atoms with E-state index in [1.54, 1.807) is 18.8 Å². The Labute approximate surface area is 122 Å². The highest BCUT2D eigenvalue weighted by Crippen LogP contribution is 2.18. The maximum Gasteiger partial charge on any atom is 0.355 e. The van der Waals surface area contributed by atoms with E-state index < -0.39 is 6.10 Å². The summed E-state index contributed by atoms with van der Waals surface area (Å²) in [7, 11) is 3.19. The summed E-state index contributed by atoms with van der Waals surface area (Å²) in [6, 6.07) is 6.79. The van der Waals surface area contributed by atoms with Crippen LogP contribution in [0.5, 0.6) is 5.75 Å². The highest BCUT2D eigenvalue weighted by molar-refractivity contribution is 5.82. The molecule has 0 saturated heterocycles. The minimum absolute atomic E-state index is 0.0946.